The fourth-order valence-corrected chi connectivity index (χ4v) is 5.09. The molecule has 30 heavy (non-hydrogen) atoms. The van der Waals surface area contributed by atoms with Crippen LogP contribution in [-0.4, -0.2) is 40.5 Å². The number of nitrogens with one attached hydrogen (secondary N) is 2. The van der Waals surface area contributed by atoms with E-state index in [0.29, 0.717) is 10.7 Å². The van der Waals surface area contributed by atoms with E-state index >= 15 is 0 Å². The molecular formula is C21H20N4O3S2. The number of anilines is 1. The number of rotatable bonds is 5. The van der Waals surface area contributed by atoms with Gasteiger partial charge in [-0.05, 0) is 42.5 Å². The maximum absolute atomic E-state index is 13.1. The largest absolute Gasteiger partial charge is 0.325 e. The van der Waals surface area contributed by atoms with Gasteiger partial charge in [-0.3, -0.25) is 14.5 Å². The molecule has 0 bridgehead atoms. The van der Waals surface area contributed by atoms with E-state index in [2.05, 4.69) is 15.6 Å². The number of hydrogen-bond acceptors (Lipinski definition) is 6. The summed E-state index contributed by atoms with van der Waals surface area (Å²) in [5.74, 6) is -0.930. The minimum atomic E-state index is -1.23. The van der Waals surface area contributed by atoms with Gasteiger partial charge in [0.25, 0.3) is 5.91 Å². The number of thioether (sulfide) groups is 1. The van der Waals surface area contributed by atoms with Crippen molar-refractivity contribution in [2.75, 3.05) is 18.1 Å². The first-order chi connectivity index (χ1) is 14.3. The van der Waals surface area contributed by atoms with Gasteiger partial charge < -0.3 is 10.6 Å². The molecule has 2 aromatic carbocycles. The Morgan fingerprint density at radius 3 is 2.67 bits per heavy atom. The molecule has 1 saturated heterocycles. The van der Waals surface area contributed by atoms with Crippen LogP contribution in [0.4, 0.5) is 9.93 Å². The minimum absolute atomic E-state index is 0.374. The van der Waals surface area contributed by atoms with E-state index in [-0.39, 0.29) is 6.54 Å². The summed E-state index contributed by atoms with van der Waals surface area (Å²) in [6, 6.07) is 12.8. The second-order valence-electron chi connectivity index (χ2n) is 7.15. The number of hydrogen-bond donors (Lipinski definition) is 2. The molecule has 1 aliphatic rings. The molecule has 0 aliphatic carbocycles. The van der Waals surface area contributed by atoms with Gasteiger partial charge in [-0.1, -0.05) is 47.7 Å². The molecule has 154 valence electrons. The molecule has 2 N–H and O–H groups in total. The van der Waals surface area contributed by atoms with Crippen LogP contribution in [0.15, 0.2) is 46.7 Å². The summed E-state index contributed by atoms with van der Waals surface area (Å²) in [4.78, 5) is 43.4. The highest BCUT2D eigenvalue weighted by Gasteiger charge is 2.49. The standard InChI is InChI=1S/C21H20N4O3S2/c1-12-17(29-3)30-19(22-12)23-16(26)11-25-18(27)21(2,24-20(25)28)15-9-8-13-6-4-5-7-14(13)10-15/h4-10H,11H2,1-3H3,(H,24,28)(H,22,23,26). The molecular weight excluding hydrogens is 420 g/mol. The fourth-order valence-electron chi connectivity index (χ4n) is 3.46. The fraction of sp³-hybridized carbons (Fsp3) is 0.238. The summed E-state index contributed by atoms with van der Waals surface area (Å²) in [6.07, 6.45) is 1.94. The quantitative estimate of drug-likeness (QED) is 0.466. The number of thiazole rings is 1. The van der Waals surface area contributed by atoms with E-state index in [1.807, 2.05) is 55.6 Å². The number of carbonyl (C=O) groups is 3. The van der Waals surface area contributed by atoms with E-state index in [1.54, 1.807) is 18.7 Å². The molecule has 4 rings (SSSR count). The van der Waals surface area contributed by atoms with Crippen molar-refractivity contribution in [2.24, 2.45) is 0 Å². The monoisotopic (exact) mass is 440 g/mol. The van der Waals surface area contributed by atoms with E-state index in [0.717, 1.165) is 25.6 Å². The number of carbonyl (C=O) groups excluding carboxylic acids is 3. The average Bonchev–Trinajstić information content (AvgIpc) is 3.19. The Morgan fingerprint density at radius 1 is 1.23 bits per heavy atom. The van der Waals surface area contributed by atoms with Gasteiger partial charge >= 0.3 is 6.03 Å². The second kappa shape index (κ2) is 7.73. The molecule has 1 aliphatic heterocycles. The highest BCUT2D eigenvalue weighted by atomic mass is 32.2. The third kappa shape index (κ3) is 3.54. The Bertz CT molecular complexity index is 1180. The second-order valence-corrected chi connectivity index (χ2v) is 9.23. The van der Waals surface area contributed by atoms with Crippen LogP contribution in [0.25, 0.3) is 10.8 Å². The SMILES string of the molecule is CSc1sc(NC(=O)CN2C(=O)NC(C)(c3ccc4ccccc4c3)C2=O)nc1C. The molecule has 1 fully saturated rings. The van der Waals surface area contributed by atoms with Crippen LogP contribution in [-0.2, 0) is 15.1 Å². The van der Waals surface area contributed by atoms with Gasteiger partial charge in [0.2, 0.25) is 5.91 Å². The summed E-state index contributed by atoms with van der Waals surface area (Å²) >= 11 is 2.91. The molecule has 2 heterocycles. The van der Waals surface area contributed by atoms with Crippen molar-refractivity contribution < 1.29 is 14.4 Å². The van der Waals surface area contributed by atoms with Crippen LogP contribution < -0.4 is 10.6 Å². The molecule has 0 saturated carbocycles. The molecule has 9 heteroatoms. The Labute approximate surface area is 181 Å². The zero-order chi connectivity index (χ0) is 21.5. The van der Waals surface area contributed by atoms with Crippen molar-refractivity contribution in [3.8, 4) is 0 Å². The Hall–Kier alpha value is -2.91. The molecule has 1 unspecified atom stereocenters. The lowest BCUT2D eigenvalue weighted by molar-refractivity contribution is -0.133. The number of benzene rings is 2. The van der Waals surface area contributed by atoms with Crippen molar-refractivity contribution in [2.45, 2.75) is 23.6 Å². The first kappa shape index (κ1) is 20.4. The molecule has 7 nitrogen and oxygen atoms in total. The van der Waals surface area contributed by atoms with Gasteiger partial charge in [-0.2, -0.15) is 0 Å². The molecule has 4 amide bonds. The Morgan fingerprint density at radius 2 is 1.97 bits per heavy atom. The third-order valence-corrected chi connectivity index (χ3v) is 7.37. The van der Waals surface area contributed by atoms with Crippen LogP contribution in [0, 0.1) is 6.92 Å². The smallest absolute Gasteiger partial charge is 0.319 e. The summed E-state index contributed by atoms with van der Waals surface area (Å²) in [5, 5.41) is 7.89. The summed E-state index contributed by atoms with van der Waals surface area (Å²) in [5.41, 5.74) is 0.273. The zero-order valence-corrected chi connectivity index (χ0v) is 18.3. The summed E-state index contributed by atoms with van der Waals surface area (Å²) < 4.78 is 1.00. The third-order valence-electron chi connectivity index (χ3n) is 5.09. The predicted molar refractivity (Wildman–Crippen MR) is 119 cm³/mol. The van der Waals surface area contributed by atoms with Crippen LogP contribution >= 0.6 is 23.1 Å². The number of amides is 4. The van der Waals surface area contributed by atoms with Gasteiger partial charge in [0.1, 0.15) is 12.1 Å². The zero-order valence-electron chi connectivity index (χ0n) is 16.7. The maximum atomic E-state index is 13.1. The normalized spacial score (nSPS) is 18.7. The summed E-state index contributed by atoms with van der Waals surface area (Å²) in [6.45, 7) is 3.15. The van der Waals surface area contributed by atoms with Gasteiger partial charge in [0.15, 0.2) is 5.13 Å². The maximum Gasteiger partial charge on any atom is 0.325 e. The number of aromatic nitrogens is 1. The number of nitrogens with zero attached hydrogens (tertiary/aromatic N) is 2. The van der Waals surface area contributed by atoms with E-state index < -0.39 is 23.4 Å². The molecule has 0 spiro atoms. The predicted octanol–water partition coefficient (Wildman–Crippen LogP) is 3.73. The molecule has 1 atom stereocenters. The van der Waals surface area contributed by atoms with Crippen molar-refractivity contribution in [1.29, 1.82) is 0 Å². The van der Waals surface area contributed by atoms with Gasteiger partial charge in [-0.25, -0.2) is 9.78 Å². The van der Waals surface area contributed by atoms with E-state index in [1.165, 1.54) is 11.3 Å². The van der Waals surface area contributed by atoms with E-state index in [9.17, 15) is 14.4 Å². The number of aryl methyl sites for hydroxylation is 1. The lowest BCUT2D eigenvalue weighted by atomic mass is 9.90. The van der Waals surface area contributed by atoms with Crippen LogP contribution in [0.1, 0.15) is 18.2 Å². The van der Waals surface area contributed by atoms with E-state index in [4.69, 9.17) is 0 Å². The van der Waals surface area contributed by atoms with Crippen LogP contribution in [0.2, 0.25) is 0 Å². The lowest BCUT2D eigenvalue weighted by Crippen LogP contribution is -2.42. The summed E-state index contributed by atoms with van der Waals surface area (Å²) in [7, 11) is 0. The molecule has 0 radical (unpaired) electrons. The van der Waals surface area contributed by atoms with Crippen molar-refractivity contribution >= 4 is 56.8 Å². The van der Waals surface area contributed by atoms with Crippen LogP contribution in [0.5, 0.6) is 0 Å². The molecule has 3 aromatic rings. The number of urea groups is 1. The Kier molecular flexibility index (Phi) is 5.25. The van der Waals surface area contributed by atoms with Crippen molar-refractivity contribution in [3.63, 3.8) is 0 Å². The Balaban J connectivity index is 1.53. The molecule has 1 aromatic heterocycles. The first-order valence-electron chi connectivity index (χ1n) is 9.26. The average molecular weight is 441 g/mol. The van der Waals surface area contributed by atoms with Gasteiger partial charge in [0.05, 0.1) is 9.90 Å². The van der Waals surface area contributed by atoms with Gasteiger partial charge in [-0.15, -0.1) is 11.8 Å². The highest BCUT2D eigenvalue weighted by Crippen LogP contribution is 2.32. The lowest BCUT2D eigenvalue weighted by Gasteiger charge is -2.22. The van der Waals surface area contributed by atoms with Crippen molar-refractivity contribution in [1.82, 2.24) is 15.2 Å². The highest BCUT2D eigenvalue weighted by molar-refractivity contribution is 8.00. The number of imide groups is 1. The van der Waals surface area contributed by atoms with Gasteiger partial charge in [0, 0.05) is 0 Å². The number of fused-ring (bicyclic) bond motifs is 1. The van der Waals surface area contributed by atoms with Crippen LogP contribution in [0.3, 0.4) is 0 Å². The minimum Gasteiger partial charge on any atom is -0.319 e. The topological polar surface area (TPSA) is 91.4 Å². The van der Waals surface area contributed by atoms with Crippen molar-refractivity contribution in [3.05, 3.63) is 53.7 Å². The first-order valence-corrected chi connectivity index (χ1v) is 11.3.